The van der Waals surface area contributed by atoms with Gasteiger partial charge in [0.2, 0.25) is 5.95 Å². The summed E-state index contributed by atoms with van der Waals surface area (Å²) >= 11 is 6.06. The average Bonchev–Trinajstić information content (AvgIpc) is 2.61. The van der Waals surface area contributed by atoms with Crippen molar-refractivity contribution in [3.63, 3.8) is 0 Å². The molecule has 1 unspecified atom stereocenters. The molecule has 9 heteroatoms. The van der Waals surface area contributed by atoms with Crippen LogP contribution >= 0.6 is 11.6 Å². The van der Waals surface area contributed by atoms with Crippen molar-refractivity contribution in [3.05, 3.63) is 59.4 Å². The minimum atomic E-state index is -2.62. The molecule has 0 bridgehead atoms. The minimum Gasteiger partial charge on any atom is -0.493 e. The van der Waals surface area contributed by atoms with Crippen LogP contribution < -0.4 is 10.1 Å². The van der Waals surface area contributed by atoms with Gasteiger partial charge in [-0.1, -0.05) is 23.7 Å². The van der Waals surface area contributed by atoms with Gasteiger partial charge in [-0.25, -0.2) is 14.2 Å². The largest absolute Gasteiger partial charge is 0.493 e. The van der Waals surface area contributed by atoms with Crippen LogP contribution in [0.1, 0.15) is 12.5 Å². The fraction of sp³-hybridized carbons (Fsp3) is 0.211. The summed E-state index contributed by atoms with van der Waals surface area (Å²) < 4.78 is 25.0. The van der Waals surface area contributed by atoms with Gasteiger partial charge in [0, 0.05) is 26.7 Å². The normalized spacial score (nSPS) is 13.0. The molecule has 1 atom stereocenters. The lowest BCUT2D eigenvalue weighted by molar-refractivity contribution is 0.341. The van der Waals surface area contributed by atoms with Gasteiger partial charge in [0.1, 0.15) is 12.1 Å². The summed E-state index contributed by atoms with van der Waals surface area (Å²) in [6.45, 7) is 2.39. The quantitative estimate of drug-likeness (QED) is 0.586. The molecule has 0 fully saturated rings. The Kier molecular flexibility index (Phi) is 6.11. The summed E-state index contributed by atoms with van der Waals surface area (Å²) in [5, 5.41) is 3.69. The highest BCUT2D eigenvalue weighted by molar-refractivity contribution is 7.90. The van der Waals surface area contributed by atoms with E-state index in [1.54, 1.807) is 18.2 Å². The van der Waals surface area contributed by atoms with E-state index in [0.717, 1.165) is 11.3 Å². The Balaban J connectivity index is 1.88. The van der Waals surface area contributed by atoms with E-state index in [-0.39, 0.29) is 5.75 Å². The molecule has 0 spiro atoms. The summed E-state index contributed by atoms with van der Waals surface area (Å²) in [6.07, 6.45) is 2.84. The Morgan fingerprint density at radius 2 is 2.04 bits per heavy atom. The van der Waals surface area contributed by atoms with Gasteiger partial charge < -0.3 is 10.1 Å². The zero-order valence-electron chi connectivity index (χ0n) is 15.5. The van der Waals surface area contributed by atoms with E-state index < -0.39 is 9.73 Å². The van der Waals surface area contributed by atoms with Crippen LogP contribution in [0.2, 0.25) is 5.02 Å². The van der Waals surface area contributed by atoms with Gasteiger partial charge in [0.15, 0.2) is 5.82 Å². The lowest BCUT2D eigenvalue weighted by Gasteiger charge is -2.11. The molecular formula is C19H20ClN5O2S. The van der Waals surface area contributed by atoms with Gasteiger partial charge in [-0.3, -0.25) is 4.78 Å². The second kappa shape index (κ2) is 8.53. The highest BCUT2D eigenvalue weighted by atomic mass is 35.5. The molecule has 2 aromatic carbocycles. The van der Waals surface area contributed by atoms with Crippen LogP contribution in [-0.2, 0) is 15.5 Å². The van der Waals surface area contributed by atoms with Crippen molar-refractivity contribution in [1.82, 2.24) is 15.0 Å². The van der Waals surface area contributed by atoms with Crippen molar-refractivity contribution in [2.75, 3.05) is 18.2 Å². The second-order valence-electron chi connectivity index (χ2n) is 6.18. The summed E-state index contributed by atoms with van der Waals surface area (Å²) in [6, 6.07) is 12.6. The molecule has 2 N–H and O–H groups in total. The first-order chi connectivity index (χ1) is 13.3. The van der Waals surface area contributed by atoms with Crippen LogP contribution in [0, 0.1) is 4.78 Å². The van der Waals surface area contributed by atoms with Crippen LogP contribution in [-0.4, -0.2) is 32.0 Å². The first-order valence-electron chi connectivity index (χ1n) is 8.53. The molecular weight excluding hydrogens is 398 g/mol. The number of ether oxygens (including phenoxy) is 1. The van der Waals surface area contributed by atoms with Crippen LogP contribution in [0.4, 0.5) is 11.6 Å². The molecule has 0 aliphatic rings. The molecule has 0 radical (unpaired) electrons. The summed E-state index contributed by atoms with van der Waals surface area (Å²) in [4.78, 5) is 12.9. The number of hydrogen-bond acceptors (Lipinski definition) is 7. The van der Waals surface area contributed by atoms with E-state index in [1.165, 1.54) is 12.6 Å². The Morgan fingerprint density at radius 1 is 1.21 bits per heavy atom. The zero-order valence-corrected chi connectivity index (χ0v) is 17.0. The van der Waals surface area contributed by atoms with Crippen molar-refractivity contribution < 1.29 is 8.95 Å². The third-order valence-corrected chi connectivity index (χ3v) is 4.80. The van der Waals surface area contributed by atoms with E-state index in [1.807, 2.05) is 31.2 Å². The number of nitrogens with zero attached hydrogens (tertiary/aromatic N) is 3. The Bertz CT molecular complexity index is 1090. The molecule has 28 heavy (non-hydrogen) atoms. The summed E-state index contributed by atoms with van der Waals surface area (Å²) in [5.74, 6) is 1.61. The van der Waals surface area contributed by atoms with Gasteiger partial charge in [0.25, 0.3) is 0 Å². The topological polar surface area (TPSA) is 101 Å². The summed E-state index contributed by atoms with van der Waals surface area (Å²) in [7, 11) is -2.62. The molecule has 1 heterocycles. The lowest BCUT2D eigenvalue weighted by atomic mass is 10.2. The van der Waals surface area contributed by atoms with Crippen LogP contribution in [0.5, 0.6) is 5.75 Å². The highest BCUT2D eigenvalue weighted by Crippen LogP contribution is 2.31. The number of hydrogen-bond donors (Lipinski definition) is 2. The monoisotopic (exact) mass is 417 g/mol. The maximum Gasteiger partial charge on any atom is 0.230 e. The van der Waals surface area contributed by atoms with Crippen molar-refractivity contribution in [2.45, 2.75) is 12.7 Å². The van der Waals surface area contributed by atoms with Gasteiger partial charge in [-0.15, -0.1) is 0 Å². The van der Waals surface area contributed by atoms with Crippen molar-refractivity contribution >= 4 is 33.0 Å². The first-order valence-corrected chi connectivity index (χ1v) is 11.0. The van der Waals surface area contributed by atoms with E-state index in [9.17, 15) is 4.21 Å². The lowest BCUT2D eigenvalue weighted by Crippen LogP contribution is -2.03. The molecule has 0 saturated heterocycles. The first kappa shape index (κ1) is 20.0. The van der Waals surface area contributed by atoms with E-state index in [4.69, 9.17) is 21.1 Å². The molecule has 146 valence electrons. The smallest absolute Gasteiger partial charge is 0.230 e. The highest BCUT2D eigenvalue weighted by Gasteiger charge is 2.12. The molecule has 3 aromatic rings. The van der Waals surface area contributed by atoms with E-state index in [2.05, 4.69) is 20.3 Å². The summed E-state index contributed by atoms with van der Waals surface area (Å²) in [5.41, 5.74) is 2.25. The number of anilines is 2. The number of aromatic nitrogens is 3. The predicted molar refractivity (Wildman–Crippen MR) is 112 cm³/mol. The maximum absolute atomic E-state index is 11.7. The van der Waals surface area contributed by atoms with Crippen LogP contribution in [0.3, 0.4) is 0 Å². The van der Waals surface area contributed by atoms with Gasteiger partial charge in [-0.2, -0.15) is 4.98 Å². The van der Waals surface area contributed by atoms with E-state index >= 15 is 0 Å². The SMILES string of the molecule is CCOc1cc(Cl)ccc1-c1ncnc(Nc2cccc(CS(C)(=N)=O)c2)n1. The standard InChI is InChI=1S/C19H20ClN5O2S/c1-3-27-17-10-14(20)7-8-16(17)18-22-12-23-19(25-18)24-15-6-4-5-13(9-15)11-28(2,21)26/h4-10,12,21H,3,11H2,1-2H3,(H,22,23,24,25). The van der Waals surface area contributed by atoms with E-state index in [0.29, 0.717) is 34.7 Å². The Labute approximate surface area is 169 Å². The number of benzene rings is 2. The zero-order chi connectivity index (χ0) is 20.1. The number of halogens is 1. The molecule has 3 rings (SSSR count). The molecule has 0 aliphatic heterocycles. The Hall–Kier alpha value is -2.71. The third kappa shape index (κ3) is 5.40. The average molecular weight is 418 g/mol. The molecule has 0 amide bonds. The molecule has 0 saturated carbocycles. The number of nitrogens with one attached hydrogen (secondary N) is 2. The predicted octanol–water partition coefficient (Wildman–Crippen LogP) is 4.51. The third-order valence-electron chi connectivity index (χ3n) is 3.68. The van der Waals surface area contributed by atoms with Gasteiger partial charge >= 0.3 is 0 Å². The van der Waals surface area contributed by atoms with Gasteiger partial charge in [-0.05, 0) is 42.8 Å². The molecule has 7 nitrogen and oxygen atoms in total. The van der Waals surface area contributed by atoms with Crippen LogP contribution in [0.15, 0.2) is 48.8 Å². The van der Waals surface area contributed by atoms with Crippen molar-refractivity contribution in [3.8, 4) is 17.1 Å². The molecule has 0 aliphatic carbocycles. The minimum absolute atomic E-state index is 0.188. The Morgan fingerprint density at radius 3 is 2.79 bits per heavy atom. The van der Waals surface area contributed by atoms with Gasteiger partial charge in [0.05, 0.1) is 17.9 Å². The van der Waals surface area contributed by atoms with Crippen LogP contribution in [0.25, 0.3) is 11.4 Å². The van der Waals surface area contributed by atoms with Crippen molar-refractivity contribution in [1.29, 1.82) is 4.78 Å². The second-order valence-corrected chi connectivity index (χ2v) is 8.92. The van der Waals surface area contributed by atoms with Crippen molar-refractivity contribution in [2.24, 2.45) is 0 Å². The fourth-order valence-electron chi connectivity index (χ4n) is 2.63. The number of rotatable bonds is 7. The molecule has 1 aromatic heterocycles. The fourth-order valence-corrected chi connectivity index (χ4v) is 3.61. The maximum atomic E-state index is 11.7.